The standard InChI is InChI=1S/C18H23N3OS.C12H17N3O3.C12H19N3O.C8H8N2O3.C6H7NS2.C4H10ClN.2C2H6O.CH4.ClH.HI/c1-20(2)7-8-21-9-10-22-17-13-14(5-6-16(17)21)12-15(19)18-4-3-11-23-18;1-13(2)5-6-14-7-8-18-12-9-10(15(16)17)3-4-11(12)14;1-14(2)5-6-15-7-8-16-12-9-10(13)3-4-11(12)15;11-10(12)6-1-2-7-8(5-6)13-4-3-9-7;1-8-6(7)5-3-2-4-9-5;1-6(2)4-3-5;2*1-2-3;;;/h3-6,11,13,19H,7-10,12H2,1-2H3;3-4,9H,5-8H2,1-2H3;3-4,9H,5-8,13H2,1-2H3;1-2,5,9H,3-4H2;2-4,7H,1H3;3-4H2,1-2H3;2*3H,2H2,1H3;1H4;2*1H. The number of nitrogens with one attached hydrogen (secondary N) is 3. The zero-order valence-corrected chi connectivity index (χ0v) is 61.9. The topological polar surface area (TPSA) is 272 Å². The van der Waals surface area contributed by atoms with Crippen LogP contribution in [0.4, 0.5) is 39.8 Å². The number of aliphatic hydroxyl groups is 2. The van der Waals surface area contributed by atoms with Crippen LogP contribution in [0.1, 0.15) is 36.6 Å². The molecule has 0 bridgehead atoms. The summed E-state index contributed by atoms with van der Waals surface area (Å²) in [4.78, 5) is 37.9. The van der Waals surface area contributed by atoms with E-state index in [1.54, 1.807) is 48.7 Å². The number of nitro groups is 2. The first-order chi connectivity index (χ1) is 43.6. The minimum Gasteiger partial charge on any atom is -0.490 e. The maximum Gasteiger partial charge on any atom is 0.273 e. The smallest absolute Gasteiger partial charge is 0.273 e. The average Bonchev–Trinajstić information content (AvgIpc) is 1.12. The lowest BCUT2D eigenvalue weighted by molar-refractivity contribution is -0.385. The van der Waals surface area contributed by atoms with Gasteiger partial charge in [-0.2, -0.15) is 0 Å². The predicted octanol–water partition coefficient (Wildman–Crippen LogP) is 11.8. The van der Waals surface area contributed by atoms with Crippen molar-refractivity contribution in [2.45, 2.75) is 27.7 Å². The van der Waals surface area contributed by atoms with Gasteiger partial charge in [-0.1, -0.05) is 25.6 Å². The summed E-state index contributed by atoms with van der Waals surface area (Å²) in [5, 5.41) is 59.6. The zero-order chi connectivity index (χ0) is 67.3. The highest BCUT2D eigenvalue weighted by molar-refractivity contribution is 14.0. The van der Waals surface area contributed by atoms with Crippen LogP contribution < -0.4 is 44.7 Å². The van der Waals surface area contributed by atoms with E-state index in [0.717, 1.165) is 141 Å². The largest absolute Gasteiger partial charge is 0.490 e. The first-order valence-corrected chi connectivity index (χ1v) is 33.3. The second-order valence-electron chi connectivity index (χ2n) is 21.3. The van der Waals surface area contributed by atoms with Crippen molar-refractivity contribution in [2.24, 2.45) is 0 Å². The highest BCUT2D eigenvalue weighted by Crippen LogP contribution is 2.36. The third kappa shape index (κ3) is 33.1. The number of benzene rings is 4. The number of ether oxygens (including phenoxy) is 4. The van der Waals surface area contributed by atoms with Gasteiger partial charge in [0.15, 0.2) is 0 Å². The molecule has 94 heavy (non-hydrogen) atoms. The van der Waals surface area contributed by atoms with Crippen LogP contribution in [0.15, 0.2) is 108 Å². The van der Waals surface area contributed by atoms with E-state index in [2.05, 4.69) is 81.1 Å². The number of hydrogen-bond donors (Lipinski definition) is 6. The Balaban J connectivity index is 0.00000112. The predicted molar refractivity (Wildman–Crippen MR) is 410 cm³/mol. The molecule has 4 aliphatic rings. The minimum absolute atomic E-state index is 0. The monoisotopic (exact) mass is 1520 g/mol. The Kier molecular flexibility index (Phi) is 46.4. The SMILES string of the molecule is C.CCO.CCO.CN(C)CCCl.CN(C)CCN1CCOc2cc(CC(=N)c3cccs3)ccc21.CN(C)CCN1CCOc2cc(N)ccc21.CN(C)CCN1CCOc2cc([N+](=O)[O-])ccc21.CSC(=N)c1cccs1.Cl.I.O=[N+]([O-])c1ccc2c(c1)OCCN2. The summed E-state index contributed by atoms with van der Waals surface area (Å²) in [6, 6.07) is 29.5. The van der Waals surface area contributed by atoms with Gasteiger partial charge >= 0.3 is 0 Å². The Morgan fingerprint density at radius 3 is 1.45 bits per heavy atom. The summed E-state index contributed by atoms with van der Waals surface area (Å²) in [6.45, 7) is 16.8. The van der Waals surface area contributed by atoms with Gasteiger partial charge in [-0.05, 0) is 141 Å². The van der Waals surface area contributed by atoms with E-state index in [9.17, 15) is 20.2 Å². The lowest BCUT2D eigenvalue weighted by Crippen LogP contribution is -2.37. The number of fused-ring (bicyclic) bond motifs is 4. The van der Waals surface area contributed by atoms with Crippen molar-refractivity contribution in [1.29, 1.82) is 10.8 Å². The fourth-order valence-electron chi connectivity index (χ4n) is 8.42. The Bertz CT molecular complexity index is 3070. The van der Waals surface area contributed by atoms with E-state index in [1.807, 2.05) is 92.6 Å². The molecule has 6 aromatic rings. The summed E-state index contributed by atoms with van der Waals surface area (Å²) in [5.74, 6) is 3.75. The molecule has 0 aliphatic carbocycles. The molecule has 0 fully saturated rings. The molecule has 526 valence electrons. The highest BCUT2D eigenvalue weighted by atomic mass is 127. The van der Waals surface area contributed by atoms with Crippen LogP contribution in [-0.4, -0.2) is 231 Å². The van der Waals surface area contributed by atoms with Crippen molar-refractivity contribution in [3.8, 4) is 23.0 Å². The molecule has 4 aromatic carbocycles. The van der Waals surface area contributed by atoms with Crippen molar-refractivity contribution >= 4 is 133 Å². The van der Waals surface area contributed by atoms with Crippen LogP contribution >= 0.6 is 82.4 Å². The summed E-state index contributed by atoms with van der Waals surface area (Å²) < 4.78 is 22.2. The molecule has 6 heterocycles. The number of aliphatic hydroxyl groups excluding tert-OH is 2. The molecule has 0 amide bonds. The second-order valence-corrected chi connectivity index (χ2v) is 24.4. The first kappa shape index (κ1) is 88.0. The minimum atomic E-state index is -0.432. The summed E-state index contributed by atoms with van der Waals surface area (Å²) in [5.41, 5.74) is 12.5. The summed E-state index contributed by atoms with van der Waals surface area (Å²) in [7, 11) is 16.4. The number of alkyl halides is 1. The van der Waals surface area contributed by atoms with Gasteiger partial charge in [0.05, 0.1) is 75.0 Å². The number of rotatable bonds is 17. The number of thioether (sulfide) groups is 1. The van der Waals surface area contributed by atoms with Gasteiger partial charge in [-0.3, -0.25) is 25.6 Å². The molecule has 0 radical (unpaired) electrons. The zero-order valence-electron chi connectivity index (χ0n) is 55.5. The Labute approximate surface area is 598 Å². The maximum absolute atomic E-state index is 10.7. The number of nitro benzene ring substituents is 2. The van der Waals surface area contributed by atoms with Crippen LogP contribution in [0.5, 0.6) is 23.0 Å². The molecule has 7 N–H and O–H groups in total. The lowest BCUT2D eigenvalue weighted by atomic mass is 10.1. The number of likely N-dealkylation sites (N-methyl/N-ethyl adjacent to an activating group) is 3. The fraction of sp³-hybridized carbons (Fsp3) is 0.477. The third-order valence-corrected chi connectivity index (χ3v) is 15.8. The van der Waals surface area contributed by atoms with E-state index in [1.165, 1.54) is 41.7 Å². The van der Waals surface area contributed by atoms with Crippen LogP contribution in [0, 0.1) is 31.0 Å². The third-order valence-electron chi connectivity index (χ3n) is 13.0. The number of anilines is 5. The number of thiophene rings is 2. The number of hydrogen-bond acceptors (Lipinski definition) is 24. The van der Waals surface area contributed by atoms with E-state index in [0.29, 0.717) is 41.9 Å². The number of nitrogen functional groups attached to an aromatic ring is 1. The van der Waals surface area contributed by atoms with Crippen LogP contribution in [0.2, 0.25) is 0 Å². The van der Waals surface area contributed by atoms with Gasteiger partial charge in [0, 0.05) is 107 Å². The molecule has 0 saturated carbocycles. The van der Waals surface area contributed by atoms with Crippen molar-refractivity contribution in [2.75, 3.05) is 206 Å². The van der Waals surface area contributed by atoms with Crippen molar-refractivity contribution in [3.05, 3.63) is 143 Å². The van der Waals surface area contributed by atoms with Crippen molar-refractivity contribution in [3.63, 3.8) is 0 Å². The van der Waals surface area contributed by atoms with E-state index >= 15 is 0 Å². The summed E-state index contributed by atoms with van der Waals surface area (Å²) in [6.07, 6.45) is 2.57. The fourth-order valence-corrected chi connectivity index (χ4v) is 10.7. The molecular formula is C65H102Cl2IN13O10S3. The number of nitrogens with two attached hydrogens (primary N) is 1. The van der Waals surface area contributed by atoms with E-state index in [4.69, 9.17) is 57.3 Å². The number of halogens is 3. The average molecular weight is 1520 g/mol. The quantitative estimate of drug-likeness (QED) is 0.00942. The normalized spacial score (nSPS) is 12.5. The van der Waals surface area contributed by atoms with Gasteiger partial charge in [0.2, 0.25) is 0 Å². The van der Waals surface area contributed by atoms with E-state index < -0.39 is 9.85 Å². The number of non-ortho nitro benzene ring substituents is 2. The van der Waals surface area contributed by atoms with E-state index in [-0.39, 0.29) is 68.4 Å². The van der Waals surface area contributed by atoms with Gasteiger partial charge in [-0.15, -0.1) is 82.4 Å². The molecule has 29 heteroatoms. The van der Waals surface area contributed by atoms with Crippen molar-refractivity contribution in [1.82, 2.24) is 19.6 Å². The molecule has 4 aliphatic heterocycles. The Morgan fingerprint density at radius 1 is 0.628 bits per heavy atom. The Hall–Kier alpha value is -5.96. The molecule has 0 saturated heterocycles. The Morgan fingerprint density at radius 2 is 1.03 bits per heavy atom. The highest BCUT2D eigenvalue weighted by Gasteiger charge is 2.23. The molecular weight excluding hydrogens is 1420 g/mol. The first-order valence-electron chi connectivity index (χ1n) is 29.8. The van der Waals surface area contributed by atoms with Crippen LogP contribution in [0.3, 0.4) is 0 Å². The lowest BCUT2D eigenvalue weighted by Gasteiger charge is -2.32. The molecule has 0 unspecified atom stereocenters. The van der Waals surface area contributed by atoms with Crippen molar-refractivity contribution < 1.29 is 39.0 Å². The van der Waals surface area contributed by atoms with Gasteiger partial charge in [-0.25, -0.2) is 0 Å². The van der Waals surface area contributed by atoms with Gasteiger partial charge in [0.1, 0.15) is 54.5 Å². The van der Waals surface area contributed by atoms with Crippen LogP contribution in [-0.2, 0) is 6.42 Å². The molecule has 0 atom stereocenters. The summed E-state index contributed by atoms with van der Waals surface area (Å²) >= 11 is 10.1. The second kappa shape index (κ2) is 49.5. The number of nitrogens with zero attached hydrogens (tertiary/aromatic N) is 9. The molecule has 0 spiro atoms. The molecule has 10 rings (SSSR count). The maximum atomic E-state index is 10.7. The van der Waals surface area contributed by atoms with Gasteiger partial charge in [0.25, 0.3) is 11.4 Å². The molecule has 23 nitrogen and oxygen atoms in total. The van der Waals surface area contributed by atoms with Gasteiger partial charge < -0.3 is 79.9 Å². The molecule has 2 aromatic heterocycles. The van der Waals surface area contributed by atoms with Crippen LogP contribution in [0.25, 0.3) is 0 Å².